The summed E-state index contributed by atoms with van der Waals surface area (Å²) in [5, 5.41) is 0. The molecule has 0 aromatic carbocycles. The van der Waals surface area contributed by atoms with Gasteiger partial charge in [0.2, 0.25) is 0 Å². The summed E-state index contributed by atoms with van der Waals surface area (Å²) in [4.78, 5) is 0. The molecule has 0 unspecified atom stereocenters. The molecule has 0 bridgehead atoms. The topological polar surface area (TPSA) is 26.0 Å². The van der Waals surface area contributed by atoms with Gasteiger partial charge in [-0.25, -0.2) is 0 Å². The first-order valence-corrected chi connectivity index (χ1v) is 3.00. The predicted octanol–water partition coefficient (Wildman–Crippen LogP) is 1.39. The van der Waals surface area contributed by atoms with Crippen molar-refractivity contribution < 1.29 is 0 Å². The smallest absolute Gasteiger partial charge is 0.0172 e. The normalized spacial score (nSPS) is 20.6. The highest BCUT2D eigenvalue weighted by Crippen LogP contribution is 2.35. The largest absolute Gasteiger partial charge is 0.327 e. The van der Waals surface area contributed by atoms with Crippen molar-refractivity contribution in [1.29, 1.82) is 0 Å². The van der Waals surface area contributed by atoms with Crippen LogP contribution in [0.2, 0.25) is 0 Å². The monoisotopic (exact) mass is 121 g/mol. The van der Waals surface area contributed by atoms with Crippen LogP contribution in [0, 0.1) is 0 Å². The zero-order chi connectivity index (χ0) is 6.85. The molecule has 0 saturated heterocycles. The van der Waals surface area contributed by atoms with E-state index in [0.717, 1.165) is 12.0 Å². The molecule has 1 saturated carbocycles. The van der Waals surface area contributed by atoms with Crippen LogP contribution in [-0.2, 0) is 0 Å². The van der Waals surface area contributed by atoms with E-state index in [-0.39, 0.29) is 0 Å². The first-order valence-electron chi connectivity index (χ1n) is 3.00. The molecule has 9 heavy (non-hydrogen) atoms. The van der Waals surface area contributed by atoms with Crippen molar-refractivity contribution >= 4 is 0 Å². The second kappa shape index (κ2) is 2.19. The maximum absolute atomic E-state index is 5.32. The molecule has 1 nitrogen and oxygen atoms in total. The third-order valence-electron chi connectivity index (χ3n) is 1.37. The molecule has 0 amide bonds. The number of nitrogens with two attached hydrogens (primary N) is 1. The van der Waals surface area contributed by atoms with Gasteiger partial charge in [-0.15, -0.1) is 0 Å². The van der Waals surface area contributed by atoms with Crippen molar-refractivity contribution in [3.63, 3.8) is 0 Å². The Bertz CT molecular complexity index is 187. The van der Waals surface area contributed by atoms with Gasteiger partial charge < -0.3 is 5.73 Å². The van der Waals surface area contributed by atoms with Crippen LogP contribution in [0.4, 0.5) is 0 Å². The van der Waals surface area contributed by atoms with Crippen molar-refractivity contribution in [1.82, 2.24) is 0 Å². The van der Waals surface area contributed by atoms with Gasteiger partial charge in [-0.1, -0.05) is 19.2 Å². The summed E-state index contributed by atoms with van der Waals surface area (Å²) >= 11 is 0. The molecule has 0 aromatic rings. The van der Waals surface area contributed by atoms with Crippen molar-refractivity contribution in [3.05, 3.63) is 36.0 Å². The Hall–Kier alpha value is -0.820. The van der Waals surface area contributed by atoms with Crippen LogP contribution in [0.3, 0.4) is 0 Å². The van der Waals surface area contributed by atoms with Gasteiger partial charge in [0.1, 0.15) is 0 Å². The van der Waals surface area contributed by atoms with Crippen LogP contribution in [0.5, 0.6) is 0 Å². The van der Waals surface area contributed by atoms with Crippen molar-refractivity contribution in [2.24, 2.45) is 5.73 Å². The highest BCUT2D eigenvalue weighted by atomic mass is 14.5. The molecule has 1 aliphatic rings. The number of rotatable bonds is 2. The lowest BCUT2D eigenvalue weighted by atomic mass is 10.3. The predicted molar refractivity (Wildman–Crippen MR) is 40.0 cm³/mol. The van der Waals surface area contributed by atoms with Gasteiger partial charge in [0.25, 0.3) is 0 Å². The van der Waals surface area contributed by atoms with Gasteiger partial charge in [0.05, 0.1) is 0 Å². The average molecular weight is 121 g/mol. The Balaban J connectivity index is 2.50. The Morgan fingerprint density at radius 2 is 2.33 bits per heavy atom. The summed E-state index contributed by atoms with van der Waals surface area (Å²) in [5.74, 6) is 0. The van der Waals surface area contributed by atoms with Crippen LogP contribution in [0.15, 0.2) is 36.0 Å². The highest BCUT2D eigenvalue weighted by Gasteiger charge is 2.16. The molecule has 1 aliphatic carbocycles. The van der Waals surface area contributed by atoms with Crippen molar-refractivity contribution in [3.8, 4) is 0 Å². The van der Waals surface area contributed by atoms with E-state index in [0.29, 0.717) is 6.54 Å². The van der Waals surface area contributed by atoms with Crippen LogP contribution >= 0.6 is 0 Å². The SMILES string of the molecule is C=C(/C=C1/CC1=C)CN. The number of hydrogen-bond donors (Lipinski definition) is 1. The summed E-state index contributed by atoms with van der Waals surface area (Å²) in [7, 11) is 0. The molecular weight excluding hydrogens is 110 g/mol. The quantitative estimate of drug-likeness (QED) is 0.587. The highest BCUT2D eigenvalue weighted by molar-refractivity contribution is 5.51. The zero-order valence-corrected chi connectivity index (χ0v) is 5.48. The molecular formula is C8H11N. The van der Waals surface area contributed by atoms with Gasteiger partial charge in [0, 0.05) is 6.54 Å². The van der Waals surface area contributed by atoms with E-state index < -0.39 is 0 Å². The van der Waals surface area contributed by atoms with Crippen LogP contribution < -0.4 is 5.73 Å². The van der Waals surface area contributed by atoms with Gasteiger partial charge in [-0.2, -0.15) is 0 Å². The fourth-order valence-corrected chi connectivity index (χ4v) is 0.644. The van der Waals surface area contributed by atoms with Gasteiger partial charge >= 0.3 is 0 Å². The van der Waals surface area contributed by atoms with E-state index >= 15 is 0 Å². The fourth-order valence-electron chi connectivity index (χ4n) is 0.644. The average Bonchev–Trinajstić information content (AvgIpc) is 2.47. The molecule has 2 N–H and O–H groups in total. The van der Waals surface area contributed by atoms with Gasteiger partial charge in [0.15, 0.2) is 0 Å². The van der Waals surface area contributed by atoms with Crippen molar-refractivity contribution in [2.75, 3.05) is 6.54 Å². The summed E-state index contributed by atoms with van der Waals surface area (Å²) in [6.45, 7) is 8.08. The maximum Gasteiger partial charge on any atom is 0.0172 e. The van der Waals surface area contributed by atoms with E-state index in [1.807, 2.05) is 6.08 Å². The van der Waals surface area contributed by atoms with Crippen LogP contribution in [-0.4, -0.2) is 6.54 Å². The van der Waals surface area contributed by atoms with E-state index in [9.17, 15) is 0 Å². The lowest BCUT2D eigenvalue weighted by Gasteiger charge is -1.87. The Morgan fingerprint density at radius 3 is 2.67 bits per heavy atom. The Kier molecular flexibility index (Phi) is 1.54. The number of hydrogen-bond acceptors (Lipinski definition) is 1. The molecule has 0 aliphatic heterocycles. The third kappa shape index (κ3) is 1.54. The minimum absolute atomic E-state index is 0.552. The fraction of sp³-hybridized carbons (Fsp3) is 0.250. The van der Waals surface area contributed by atoms with E-state index in [4.69, 9.17) is 5.73 Å². The third-order valence-corrected chi connectivity index (χ3v) is 1.37. The van der Waals surface area contributed by atoms with E-state index in [1.54, 1.807) is 0 Å². The maximum atomic E-state index is 5.32. The second-order valence-electron chi connectivity index (χ2n) is 2.31. The molecule has 0 aromatic heterocycles. The van der Waals surface area contributed by atoms with E-state index in [1.165, 1.54) is 11.1 Å². The zero-order valence-electron chi connectivity index (χ0n) is 5.48. The first kappa shape index (κ1) is 6.30. The standard InChI is InChI=1S/C8H11N/c1-6(5-9)3-8-4-7(8)2/h3H,1-2,4-5,9H2/b8-3-. The minimum atomic E-state index is 0.552. The summed E-state index contributed by atoms with van der Waals surface area (Å²) in [6.07, 6.45) is 3.07. The molecule has 1 heteroatoms. The molecule has 0 radical (unpaired) electrons. The molecule has 1 fully saturated rings. The first-order chi connectivity index (χ1) is 4.24. The molecule has 0 spiro atoms. The van der Waals surface area contributed by atoms with Gasteiger partial charge in [-0.05, 0) is 23.1 Å². The lowest BCUT2D eigenvalue weighted by molar-refractivity contribution is 1.19. The molecule has 0 atom stereocenters. The number of allylic oxidation sites excluding steroid dienone is 2. The molecule has 1 rings (SSSR count). The second-order valence-corrected chi connectivity index (χ2v) is 2.31. The Labute approximate surface area is 55.6 Å². The summed E-state index contributed by atoms with van der Waals surface area (Å²) < 4.78 is 0. The Morgan fingerprint density at radius 1 is 1.78 bits per heavy atom. The van der Waals surface area contributed by atoms with Crippen molar-refractivity contribution in [2.45, 2.75) is 6.42 Å². The van der Waals surface area contributed by atoms with Crippen LogP contribution in [0.1, 0.15) is 6.42 Å². The molecule has 48 valence electrons. The lowest BCUT2D eigenvalue weighted by Crippen LogP contribution is -1.98. The van der Waals surface area contributed by atoms with Gasteiger partial charge in [-0.3, -0.25) is 0 Å². The minimum Gasteiger partial charge on any atom is -0.327 e. The van der Waals surface area contributed by atoms with E-state index in [2.05, 4.69) is 13.2 Å². The summed E-state index contributed by atoms with van der Waals surface area (Å²) in [5.41, 5.74) is 8.85. The molecule has 0 heterocycles. The summed E-state index contributed by atoms with van der Waals surface area (Å²) in [6, 6.07) is 0. The van der Waals surface area contributed by atoms with Crippen LogP contribution in [0.25, 0.3) is 0 Å².